The number of carbonyl (C=O) groups is 1. The molecule has 1 saturated heterocycles. The lowest BCUT2D eigenvalue weighted by Gasteiger charge is -2.29. The second kappa shape index (κ2) is 10.1. The second-order valence-electron chi connectivity index (χ2n) is 6.47. The molecule has 0 spiro atoms. The predicted molar refractivity (Wildman–Crippen MR) is 96.8 cm³/mol. The molecule has 1 aromatic carbocycles. The van der Waals surface area contributed by atoms with Crippen LogP contribution in [0, 0.1) is 11.3 Å². The molecule has 26 heavy (non-hydrogen) atoms. The first-order valence-corrected chi connectivity index (χ1v) is 9.52. The molecule has 0 N–H and O–H groups in total. The third-order valence-corrected chi connectivity index (χ3v) is 5.38. The molecule has 1 aromatic rings. The van der Waals surface area contributed by atoms with E-state index in [4.69, 9.17) is 32.7 Å². The molecule has 142 valence electrons. The fourth-order valence-corrected chi connectivity index (χ4v) is 3.42. The molecule has 5 nitrogen and oxygen atoms in total. The summed E-state index contributed by atoms with van der Waals surface area (Å²) in [6.45, 7) is 1.02. The molecule has 0 saturated carbocycles. The van der Waals surface area contributed by atoms with Crippen LogP contribution < -0.4 is 5.11 Å². The van der Waals surface area contributed by atoms with Crippen LogP contribution >= 0.6 is 23.2 Å². The minimum absolute atomic E-state index is 0.0999. The van der Waals surface area contributed by atoms with Gasteiger partial charge in [0.05, 0.1) is 28.1 Å². The molecular weight excluding hydrogens is 377 g/mol. The van der Waals surface area contributed by atoms with E-state index >= 15 is 0 Å². The average molecular weight is 399 g/mol. The number of carboxylic acids is 1. The molecule has 0 aromatic heterocycles. The standard InChI is InChI=1S/C19H23Cl2NO4/c20-15-7-6-14(12-16(15)21)19(13-22,8-3-4-17(23)24)9-11-26-18-5-1-2-10-25-18/h6-7,12,18H,1-5,8-11H2,(H,23,24)/p-1. The Hall–Kier alpha value is -1.32. The largest absolute Gasteiger partial charge is 0.550 e. The highest BCUT2D eigenvalue weighted by atomic mass is 35.5. The van der Waals surface area contributed by atoms with E-state index in [1.165, 1.54) is 0 Å². The van der Waals surface area contributed by atoms with Gasteiger partial charge in [-0.05, 0) is 62.6 Å². The lowest BCUT2D eigenvalue weighted by Crippen LogP contribution is -2.30. The van der Waals surface area contributed by atoms with E-state index in [9.17, 15) is 15.2 Å². The minimum atomic E-state index is -1.13. The van der Waals surface area contributed by atoms with Gasteiger partial charge in [0.2, 0.25) is 0 Å². The zero-order chi connectivity index (χ0) is 19.0. The number of hydrogen-bond donors (Lipinski definition) is 0. The number of nitrogens with zero attached hydrogens (tertiary/aromatic N) is 1. The summed E-state index contributed by atoms with van der Waals surface area (Å²) in [7, 11) is 0. The maximum atomic E-state index is 10.8. The van der Waals surface area contributed by atoms with Crippen LogP contribution in [0.4, 0.5) is 0 Å². The normalized spacial score (nSPS) is 19.5. The van der Waals surface area contributed by atoms with Crippen molar-refractivity contribution in [1.82, 2.24) is 0 Å². The Balaban J connectivity index is 2.11. The minimum Gasteiger partial charge on any atom is -0.550 e. The Morgan fingerprint density at radius 3 is 2.77 bits per heavy atom. The third-order valence-electron chi connectivity index (χ3n) is 4.64. The van der Waals surface area contributed by atoms with Gasteiger partial charge in [0.15, 0.2) is 6.29 Å². The van der Waals surface area contributed by atoms with E-state index in [0.29, 0.717) is 48.1 Å². The summed E-state index contributed by atoms with van der Waals surface area (Å²) < 4.78 is 11.3. The quantitative estimate of drug-likeness (QED) is 0.634. The van der Waals surface area contributed by atoms with Crippen molar-refractivity contribution < 1.29 is 19.4 Å². The van der Waals surface area contributed by atoms with Gasteiger partial charge in [-0.15, -0.1) is 0 Å². The topological polar surface area (TPSA) is 82.4 Å². The first kappa shape index (κ1) is 21.0. The molecule has 2 atom stereocenters. The molecule has 1 aliphatic rings. The van der Waals surface area contributed by atoms with Crippen LogP contribution in [0.5, 0.6) is 0 Å². The Morgan fingerprint density at radius 1 is 1.35 bits per heavy atom. The van der Waals surface area contributed by atoms with Crippen molar-refractivity contribution in [2.75, 3.05) is 13.2 Å². The monoisotopic (exact) mass is 398 g/mol. The highest BCUT2D eigenvalue weighted by Crippen LogP contribution is 2.36. The van der Waals surface area contributed by atoms with E-state index in [-0.39, 0.29) is 12.7 Å². The van der Waals surface area contributed by atoms with E-state index in [0.717, 1.165) is 19.3 Å². The number of benzene rings is 1. The van der Waals surface area contributed by atoms with E-state index in [2.05, 4.69) is 6.07 Å². The number of halogens is 2. The Kier molecular flexibility index (Phi) is 8.17. The lowest BCUT2D eigenvalue weighted by atomic mass is 9.75. The summed E-state index contributed by atoms with van der Waals surface area (Å²) in [6, 6.07) is 7.43. The van der Waals surface area contributed by atoms with Crippen molar-refractivity contribution >= 4 is 29.2 Å². The summed E-state index contributed by atoms with van der Waals surface area (Å²) in [6.07, 6.45) is 3.71. The molecule has 0 aliphatic carbocycles. The number of ether oxygens (including phenoxy) is 2. The van der Waals surface area contributed by atoms with E-state index in [1.807, 2.05) is 0 Å². The van der Waals surface area contributed by atoms with Crippen LogP contribution in [0.1, 0.15) is 50.5 Å². The summed E-state index contributed by atoms with van der Waals surface area (Å²) in [5.41, 5.74) is -0.195. The van der Waals surface area contributed by atoms with Gasteiger partial charge in [0.25, 0.3) is 0 Å². The van der Waals surface area contributed by atoms with Crippen molar-refractivity contribution in [3.63, 3.8) is 0 Å². The molecule has 1 aliphatic heterocycles. The molecule has 2 unspecified atom stereocenters. The summed E-state index contributed by atoms with van der Waals surface area (Å²) in [5.74, 6) is -1.13. The lowest BCUT2D eigenvalue weighted by molar-refractivity contribution is -0.305. The molecule has 0 radical (unpaired) electrons. The fourth-order valence-electron chi connectivity index (χ4n) is 3.13. The summed E-state index contributed by atoms with van der Waals surface area (Å²) >= 11 is 12.1. The van der Waals surface area contributed by atoms with Gasteiger partial charge in [-0.25, -0.2) is 0 Å². The maximum absolute atomic E-state index is 10.8. The van der Waals surface area contributed by atoms with E-state index in [1.54, 1.807) is 18.2 Å². The zero-order valence-electron chi connectivity index (χ0n) is 14.5. The van der Waals surface area contributed by atoms with Gasteiger partial charge in [-0.1, -0.05) is 29.3 Å². The van der Waals surface area contributed by atoms with Crippen LogP contribution in [0.15, 0.2) is 18.2 Å². The van der Waals surface area contributed by atoms with Crippen LogP contribution in [0.25, 0.3) is 0 Å². The van der Waals surface area contributed by atoms with Crippen LogP contribution in [-0.2, 0) is 19.7 Å². The smallest absolute Gasteiger partial charge is 0.157 e. The maximum Gasteiger partial charge on any atom is 0.157 e. The van der Waals surface area contributed by atoms with Crippen LogP contribution in [0.2, 0.25) is 10.0 Å². The molecule has 1 fully saturated rings. The third kappa shape index (κ3) is 5.85. The number of carboxylic acid groups (broad SMARTS) is 1. The number of carbonyl (C=O) groups excluding carboxylic acids is 1. The molecule has 0 amide bonds. The van der Waals surface area contributed by atoms with Crippen molar-refractivity contribution in [3.05, 3.63) is 33.8 Å². The number of hydrogen-bond acceptors (Lipinski definition) is 5. The van der Waals surface area contributed by atoms with Crippen molar-refractivity contribution in [3.8, 4) is 6.07 Å². The second-order valence-corrected chi connectivity index (χ2v) is 7.28. The van der Waals surface area contributed by atoms with Crippen LogP contribution in [0.3, 0.4) is 0 Å². The highest BCUT2D eigenvalue weighted by molar-refractivity contribution is 6.42. The van der Waals surface area contributed by atoms with Gasteiger partial charge in [-0.3, -0.25) is 0 Å². The van der Waals surface area contributed by atoms with Gasteiger partial charge in [0, 0.05) is 12.6 Å². The average Bonchev–Trinajstić information content (AvgIpc) is 2.63. The van der Waals surface area contributed by atoms with Crippen molar-refractivity contribution in [2.24, 2.45) is 0 Å². The van der Waals surface area contributed by atoms with Crippen LogP contribution in [-0.4, -0.2) is 25.5 Å². The highest BCUT2D eigenvalue weighted by Gasteiger charge is 2.33. The first-order valence-electron chi connectivity index (χ1n) is 8.77. The number of nitriles is 1. The van der Waals surface area contributed by atoms with Gasteiger partial charge < -0.3 is 19.4 Å². The fraction of sp³-hybridized carbons (Fsp3) is 0.579. The number of rotatable bonds is 9. The predicted octanol–water partition coefficient (Wildman–Crippen LogP) is 3.61. The van der Waals surface area contributed by atoms with Gasteiger partial charge in [0.1, 0.15) is 0 Å². The Bertz CT molecular complexity index is 655. The zero-order valence-corrected chi connectivity index (χ0v) is 16.0. The molecule has 7 heteroatoms. The molecule has 0 bridgehead atoms. The van der Waals surface area contributed by atoms with Crippen molar-refractivity contribution in [1.29, 1.82) is 5.26 Å². The Labute approximate surface area is 163 Å². The van der Waals surface area contributed by atoms with Crippen molar-refractivity contribution in [2.45, 2.75) is 56.7 Å². The summed E-state index contributed by atoms with van der Waals surface area (Å²) in [4.78, 5) is 10.8. The molecule has 2 rings (SSSR count). The van der Waals surface area contributed by atoms with Gasteiger partial charge >= 0.3 is 0 Å². The SMILES string of the molecule is N#CC(CCCC(=O)[O-])(CCOC1CCCCO1)c1ccc(Cl)c(Cl)c1. The molecule has 1 heterocycles. The number of aliphatic carboxylic acids is 1. The van der Waals surface area contributed by atoms with Gasteiger partial charge in [-0.2, -0.15) is 5.26 Å². The Morgan fingerprint density at radius 2 is 2.15 bits per heavy atom. The summed E-state index contributed by atoms with van der Waals surface area (Å²) in [5, 5.41) is 21.4. The van der Waals surface area contributed by atoms with E-state index < -0.39 is 11.4 Å². The first-order chi connectivity index (χ1) is 12.5. The molecular formula is C19H22Cl2NO4-.